The van der Waals surface area contributed by atoms with Crippen molar-refractivity contribution in [3.63, 3.8) is 0 Å². The van der Waals surface area contributed by atoms with Gasteiger partial charge in [0.1, 0.15) is 21.9 Å². The van der Waals surface area contributed by atoms with Crippen LogP contribution >= 0.6 is 23.2 Å². The number of aromatic nitrogens is 7. The Morgan fingerprint density at radius 2 is 1.26 bits per heavy atom. The zero-order chi connectivity index (χ0) is 31.5. The molecule has 11 nitrogen and oxygen atoms in total. The van der Waals surface area contributed by atoms with Crippen molar-refractivity contribution >= 4 is 40.5 Å². The minimum atomic E-state index is 0.242. The Balaban J connectivity index is 0.000000179. The van der Waals surface area contributed by atoms with Gasteiger partial charge in [-0.3, -0.25) is 4.98 Å². The van der Waals surface area contributed by atoms with Gasteiger partial charge in [0.05, 0.1) is 17.5 Å². The molecule has 5 heterocycles. The minimum Gasteiger partial charge on any atom is -0.398 e. The molecule has 5 rings (SSSR count). The van der Waals surface area contributed by atoms with Gasteiger partial charge >= 0.3 is 0 Å². The van der Waals surface area contributed by atoms with E-state index in [9.17, 15) is 0 Å². The molecule has 5 aromatic rings. The zero-order valence-electron chi connectivity index (χ0n) is 24.2. The summed E-state index contributed by atoms with van der Waals surface area (Å²) in [5.41, 5.74) is 22.0. The van der Waals surface area contributed by atoms with E-state index in [0.29, 0.717) is 33.2 Å². The molecule has 0 bridgehead atoms. The summed E-state index contributed by atoms with van der Waals surface area (Å²) in [7, 11) is 0. The van der Waals surface area contributed by atoms with E-state index in [2.05, 4.69) is 39.0 Å². The van der Waals surface area contributed by atoms with Crippen LogP contribution in [0, 0.1) is 11.3 Å². The van der Waals surface area contributed by atoms with E-state index in [1.165, 1.54) is 12.3 Å². The maximum absolute atomic E-state index is 8.31. The molecule has 5 aromatic heterocycles. The Labute approximate surface area is 260 Å². The normalized spacial score (nSPS) is 10.9. The minimum absolute atomic E-state index is 0.242. The Bertz CT molecular complexity index is 1700. The van der Waals surface area contributed by atoms with E-state index in [1.54, 1.807) is 41.5 Å². The summed E-state index contributed by atoms with van der Waals surface area (Å²) < 4.78 is 3.60. The smallest absolute Gasteiger partial charge is 0.129 e. The fraction of sp³-hybridized carbons (Fsp3) is 0.200. The molecule has 0 radical (unpaired) electrons. The van der Waals surface area contributed by atoms with Crippen molar-refractivity contribution < 1.29 is 0 Å². The molecular formula is C30H33Cl2N11. The molecule has 0 atom stereocenters. The molecule has 43 heavy (non-hydrogen) atoms. The number of halogens is 2. The van der Waals surface area contributed by atoms with Gasteiger partial charge in [0.2, 0.25) is 0 Å². The summed E-state index contributed by atoms with van der Waals surface area (Å²) in [6, 6.07) is 16.8. The van der Waals surface area contributed by atoms with E-state index >= 15 is 0 Å². The molecule has 0 saturated carbocycles. The topological polar surface area (TPSA) is 176 Å². The molecule has 0 saturated heterocycles. The maximum Gasteiger partial charge on any atom is 0.129 e. The average molecular weight is 619 g/mol. The van der Waals surface area contributed by atoms with Gasteiger partial charge in [-0.15, -0.1) is 0 Å². The van der Waals surface area contributed by atoms with Crippen molar-refractivity contribution in [2.75, 3.05) is 11.5 Å². The number of nitriles is 1. The molecule has 222 valence electrons. The number of nitrogen functional groups attached to an aromatic ring is 2. The van der Waals surface area contributed by atoms with Crippen LogP contribution in [0.3, 0.4) is 0 Å². The van der Waals surface area contributed by atoms with Gasteiger partial charge in [-0.1, -0.05) is 23.2 Å². The van der Waals surface area contributed by atoms with Crippen LogP contribution in [0.5, 0.6) is 0 Å². The van der Waals surface area contributed by atoms with Crippen LogP contribution in [0.2, 0.25) is 10.3 Å². The summed E-state index contributed by atoms with van der Waals surface area (Å²) in [5.74, 6) is 1.34. The second kappa shape index (κ2) is 15.3. The van der Waals surface area contributed by atoms with Gasteiger partial charge in [0, 0.05) is 77.5 Å². The summed E-state index contributed by atoms with van der Waals surface area (Å²) in [4.78, 5) is 11.7. The van der Waals surface area contributed by atoms with Gasteiger partial charge in [0.25, 0.3) is 0 Å². The van der Waals surface area contributed by atoms with E-state index in [1.807, 2.05) is 54.9 Å². The first-order valence-electron chi connectivity index (χ1n) is 13.2. The summed E-state index contributed by atoms with van der Waals surface area (Å²) in [6.07, 6.45) is 7.95. The summed E-state index contributed by atoms with van der Waals surface area (Å²) in [5, 5.41) is 18.0. The SMILES string of the molecule is CC(C)n1nc(-c2ccnc(Cl)c2)cc1N.CC(C)n1nc(-c2ccncc2)cc1N.N#C/C=C(\N)c1ccnc(Cl)c1. The fourth-order valence-electron chi connectivity index (χ4n) is 3.75. The van der Waals surface area contributed by atoms with Gasteiger partial charge in [-0.2, -0.15) is 15.5 Å². The zero-order valence-corrected chi connectivity index (χ0v) is 25.7. The summed E-state index contributed by atoms with van der Waals surface area (Å²) in [6.45, 7) is 8.18. The third-order valence-electron chi connectivity index (χ3n) is 5.79. The highest BCUT2D eigenvalue weighted by atomic mass is 35.5. The maximum atomic E-state index is 8.31. The molecule has 6 N–H and O–H groups in total. The number of rotatable bonds is 5. The number of nitrogens with zero attached hydrogens (tertiary/aromatic N) is 8. The molecule has 0 aromatic carbocycles. The van der Waals surface area contributed by atoms with E-state index < -0.39 is 0 Å². The molecule has 0 fully saturated rings. The molecule has 0 spiro atoms. The lowest BCUT2D eigenvalue weighted by molar-refractivity contribution is 0.542. The van der Waals surface area contributed by atoms with Crippen molar-refractivity contribution in [3.05, 3.63) is 95.3 Å². The highest BCUT2D eigenvalue weighted by molar-refractivity contribution is 6.29. The van der Waals surface area contributed by atoms with Crippen LogP contribution in [0.4, 0.5) is 11.6 Å². The second-order valence-corrected chi connectivity index (χ2v) is 10.5. The molecule has 13 heteroatoms. The first-order chi connectivity index (χ1) is 20.5. The molecule has 0 aliphatic heterocycles. The molecule has 0 amide bonds. The Morgan fingerprint density at radius 3 is 1.72 bits per heavy atom. The first-order valence-corrected chi connectivity index (χ1v) is 13.9. The third-order valence-corrected chi connectivity index (χ3v) is 6.20. The molecule has 0 unspecified atom stereocenters. The van der Waals surface area contributed by atoms with Gasteiger partial charge in [-0.05, 0) is 64.1 Å². The average Bonchev–Trinajstić information content (AvgIpc) is 3.57. The highest BCUT2D eigenvalue weighted by Gasteiger charge is 2.10. The lowest BCUT2D eigenvalue weighted by Gasteiger charge is -2.06. The van der Waals surface area contributed by atoms with Crippen molar-refractivity contribution in [1.82, 2.24) is 34.5 Å². The molecule has 0 aliphatic carbocycles. The largest absolute Gasteiger partial charge is 0.398 e. The number of pyridine rings is 3. The Hall–Kier alpha value is -4.92. The second-order valence-electron chi connectivity index (χ2n) is 9.68. The van der Waals surface area contributed by atoms with Gasteiger partial charge in [-0.25, -0.2) is 19.3 Å². The van der Waals surface area contributed by atoms with Crippen molar-refractivity contribution in [1.29, 1.82) is 5.26 Å². The number of nitrogens with two attached hydrogens (primary N) is 3. The standard InChI is InChI=1S/C11H13ClN4.C11H14N4.C8H6ClN3/c1-7(2)16-11(13)6-9(15-16)8-3-4-14-10(12)5-8;1-8(2)15-11(12)7-10(14-15)9-3-5-13-6-4-9;9-8-5-6(2-4-12-8)7(11)1-3-10/h3-7H,13H2,1-2H3;3-8H,12H2,1-2H3;1-2,4-5H,11H2/b;;7-1-. The van der Waals surface area contributed by atoms with E-state index in [4.69, 9.17) is 45.7 Å². The lowest BCUT2D eigenvalue weighted by Crippen LogP contribution is -2.06. The Kier molecular flexibility index (Phi) is 11.6. The van der Waals surface area contributed by atoms with Crippen molar-refractivity contribution in [2.45, 2.75) is 39.8 Å². The summed E-state index contributed by atoms with van der Waals surface area (Å²) >= 11 is 11.4. The third kappa shape index (κ3) is 9.29. The highest BCUT2D eigenvalue weighted by Crippen LogP contribution is 2.24. The van der Waals surface area contributed by atoms with E-state index in [-0.39, 0.29) is 12.1 Å². The van der Waals surface area contributed by atoms with E-state index in [0.717, 1.165) is 22.5 Å². The van der Waals surface area contributed by atoms with Crippen molar-refractivity contribution in [3.8, 4) is 28.6 Å². The van der Waals surface area contributed by atoms with Crippen LogP contribution in [0.25, 0.3) is 28.2 Å². The number of hydrogen-bond acceptors (Lipinski definition) is 9. The molecule has 0 aliphatic rings. The van der Waals surface area contributed by atoms with Gasteiger partial charge < -0.3 is 17.2 Å². The number of anilines is 2. The van der Waals surface area contributed by atoms with Crippen LogP contribution in [-0.2, 0) is 0 Å². The van der Waals surface area contributed by atoms with Crippen LogP contribution in [0.15, 0.2) is 79.4 Å². The predicted molar refractivity (Wildman–Crippen MR) is 173 cm³/mol. The number of hydrogen-bond donors (Lipinski definition) is 3. The predicted octanol–water partition coefficient (Wildman–Crippen LogP) is 6.43. The van der Waals surface area contributed by atoms with Crippen LogP contribution in [-0.4, -0.2) is 34.5 Å². The first kappa shape index (κ1) is 32.6. The quantitative estimate of drug-likeness (QED) is 0.148. The lowest BCUT2D eigenvalue weighted by atomic mass is 10.2. The van der Waals surface area contributed by atoms with Gasteiger partial charge in [0.15, 0.2) is 0 Å². The number of allylic oxidation sites excluding steroid dienone is 1. The monoisotopic (exact) mass is 617 g/mol. The van der Waals surface area contributed by atoms with Crippen LogP contribution < -0.4 is 17.2 Å². The molecular weight excluding hydrogens is 585 g/mol. The van der Waals surface area contributed by atoms with Crippen molar-refractivity contribution in [2.24, 2.45) is 5.73 Å². The Morgan fingerprint density at radius 1 is 0.767 bits per heavy atom. The van der Waals surface area contributed by atoms with Crippen LogP contribution in [0.1, 0.15) is 45.3 Å². The fourth-order valence-corrected chi connectivity index (χ4v) is 4.09.